The number of rotatable bonds is 3. The van der Waals surface area contributed by atoms with Gasteiger partial charge in [0.15, 0.2) is 0 Å². The molecule has 1 aliphatic carbocycles. The van der Waals surface area contributed by atoms with E-state index in [-0.39, 0.29) is 17.9 Å². The van der Waals surface area contributed by atoms with Gasteiger partial charge in [-0.25, -0.2) is 4.79 Å². The molecular weight excluding hydrogens is 246 g/mol. The van der Waals surface area contributed by atoms with Gasteiger partial charge in [0.1, 0.15) is 5.82 Å². The van der Waals surface area contributed by atoms with E-state index in [0.717, 1.165) is 19.3 Å². The molecule has 2 heterocycles. The first kappa shape index (κ1) is 12.3. The summed E-state index contributed by atoms with van der Waals surface area (Å²) in [6.45, 7) is 2.39. The molecule has 0 aromatic carbocycles. The molecule has 2 atom stereocenters. The van der Waals surface area contributed by atoms with E-state index in [9.17, 15) is 9.59 Å². The van der Waals surface area contributed by atoms with Crippen molar-refractivity contribution in [3.63, 3.8) is 0 Å². The molecule has 0 radical (unpaired) electrons. The van der Waals surface area contributed by atoms with Crippen molar-refractivity contribution >= 4 is 11.7 Å². The number of aryl methyl sites for hydroxylation is 1. The number of amides is 1. The van der Waals surface area contributed by atoms with Crippen LogP contribution < -0.4 is 11.0 Å². The Morgan fingerprint density at radius 1 is 1.47 bits per heavy atom. The SMILES string of the molecule is Cc1cc(NC(=O)[C@@H]2CCO[C@H]2C2CC2)nc(=O)[nH]1. The van der Waals surface area contributed by atoms with E-state index in [1.54, 1.807) is 13.0 Å². The predicted molar refractivity (Wildman–Crippen MR) is 68.8 cm³/mol. The molecule has 2 N–H and O–H groups in total. The number of anilines is 1. The molecule has 1 aliphatic heterocycles. The van der Waals surface area contributed by atoms with Crippen LogP contribution in [0.15, 0.2) is 10.9 Å². The Kier molecular flexibility index (Phi) is 3.10. The quantitative estimate of drug-likeness (QED) is 0.846. The lowest BCUT2D eigenvalue weighted by Crippen LogP contribution is -2.31. The van der Waals surface area contributed by atoms with Gasteiger partial charge in [-0.2, -0.15) is 4.98 Å². The first-order valence-corrected chi connectivity index (χ1v) is 6.64. The minimum absolute atomic E-state index is 0.0445. The Labute approximate surface area is 110 Å². The Morgan fingerprint density at radius 3 is 2.95 bits per heavy atom. The van der Waals surface area contributed by atoms with E-state index in [2.05, 4.69) is 15.3 Å². The maximum Gasteiger partial charge on any atom is 0.347 e. The van der Waals surface area contributed by atoms with Gasteiger partial charge in [0, 0.05) is 18.4 Å². The number of hydrogen-bond acceptors (Lipinski definition) is 4. The lowest BCUT2D eigenvalue weighted by atomic mass is 9.97. The van der Waals surface area contributed by atoms with Crippen molar-refractivity contribution < 1.29 is 9.53 Å². The molecule has 3 rings (SSSR count). The lowest BCUT2D eigenvalue weighted by molar-refractivity contribution is -0.121. The van der Waals surface area contributed by atoms with Crippen LogP contribution in [0.2, 0.25) is 0 Å². The Morgan fingerprint density at radius 2 is 2.26 bits per heavy atom. The second-order valence-electron chi connectivity index (χ2n) is 5.31. The average molecular weight is 263 g/mol. The topological polar surface area (TPSA) is 84.1 Å². The van der Waals surface area contributed by atoms with Crippen molar-refractivity contribution in [1.29, 1.82) is 0 Å². The monoisotopic (exact) mass is 263 g/mol. The van der Waals surface area contributed by atoms with Crippen LogP contribution >= 0.6 is 0 Å². The molecular formula is C13H17N3O3. The Hall–Kier alpha value is -1.69. The molecule has 0 spiro atoms. The third-order valence-electron chi connectivity index (χ3n) is 3.69. The van der Waals surface area contributed by atoms with Crippen molar-refractivity contribution in [3.05, 3.63) is 22.2 Å². The van der Waals surface area contributed by atoms with Crippen LogP contribution in [0.3, 0.4) is 0 Å². The highest BCUT2D eigenvalue weighted by atomic mass is 16.5. The van der Waals surface area contributed by atoms with Gasteiger partial charge >= 0.3 is 5.69 Å². The molecule has 1 aromatic rings. The minimum Gasteiger partial charge on any atom is -0.377 e. The first-order chi connectivity index (χ1) is 9.13. The second kappa shape index (κ2) is 4.77. The first-order valence-electron chi connectivity index (χ1n) is 6.64. The molecule has 1 saturated carbocycles. The van der Waals surface area contributed by atoms with Crippen LogP contribution in [0.5, 0.6) is 0 Å². The van der Waals surface area contributed by atoms with Crippen molar-refractivity contribution in [3.8, 4) is 0 Å². The highest BCUT2D eigenvalue weighted by molar-refractivity contribution is 5.92. The van der Waals surface area contributed by atoms with Gasteiger partial charge < -0.3 is 15.0 Å². The lowest BCUT2D eigenvalue weighted by Gasteiger charge is -2.17. The summed E-state index contributed by atoms with van der Waals surface area (Å²) in [5, 5.41) is 2.73. The van der Waals surface area contributed by atoms with Crippen molar-refractivity contribution in [2.45, 2.75) is 32.3 Å². The standard InChI is InChI=1S/C13H17N3O3/c1-7-6-10(16-13(18)14-7)15-12(17)9-4-5-19-11(9)8-2-3-8/h6,8-9,11H,2-5H2,1H3,(H2,14,15,16,17,18)/t9-,11+/m1/s1. The van der Waals surface area contributed by atoms with E-state index in [1.807, 2.05) is 0 Å². The summed E-state index contributed by atoms with van der Waals surface area (Å²) in [5.74, 6) is 0.639. The summed E-state index contributed by atoms with van der Waals surface area (Å²) in [6.07, 6.45) is 3.09. The van der Waals surface area contributed by atoms with Crippen molar-refractivity contribution in [1.82, 2.24) is 9.97 Å². The van der Waals surface area contributed by atoms with E-state index in [1.165, 1.54) is 0 Å². The number of aromatic amines is 1. The highest BCUT2D eigenvalue weighted by Crippen LogP contribution is 2.41. The number of aromatic nitrogens is 2. The molecule has 2 aliphatic rings. The van der Waals surface area contributed by atoms with Crippen LogP contribution in [0.1, 0.15) is 25.0 Å². The van der Waals surface area contributed by atoms with Crippen LogP contribution in [0.4, 0.5) is 5.82 Å². The van der Waals surface area contributed by atoms with Gasteiger partial charge in [-0.3, -0.25) is 4.79 Å². The van der Waals surface area contributed by atoms with E-state index in [4.69, 9.17) is 4.74 Å². The largest absolute Gasteiger partial charge is 0.377 e. The second-order valence-corrected chi connectivity index (χ2v) is 5.31. The summed E-state index contributed by atoms with van der Waals surface area (Å²) in [4.78, 5) is 29.8. The molecule has 0 unspecified atom stereocenters. The molecule has 1 amide bonds. The van der Waals surface area contributed by atoms with Gasteiger partial charge in [-0.15, -0.1) is 0 Å². The fourth-order valence-corrected chi connectivity index (χ4v) is 2.64. The normalized spacial score (nSPS) is 26.4. The molecule has 2 fully saturated rings. The van der Waals surface area contributed by atoms with Crippen molar-refractivity contribution in [2.24, 2.45) is 11.8 Å². The van der Waals surface area contributed by atoms with Gasteiger partial charge in [-0.05, 0) is 32.1 Å². The molecule has 0 bridgehead atoms. The van der Waals surface area contributed by atoms with Gasteiger partial charge in [0.05, 0.1) is 12.0 Å². The predicted octanol–water partition coefficient (Wildman–Crippen LogP) is 0.832. The fourth-order valence-electron chi connectivity index (χ4n) is 2.64. The molecule has 102 valence electrons. The molecule has 6 heteroatoms. The molecule has 1 saturated heterocycles. The van der Waals surface area contributed by atoms with E-state index < -0.39 is 5.69 Å². The summed E-state index contributed by atoms with van der Waals surface area (Å²) >= 11 is 0. The number of H-pyrrole nitrogens is 1. The van der Waals surface area contributed by atoms with Crippen LogP contribution in [-0.2, 0) is 9.53 Å². The molecule has 19 heavy (non-hydrogen) atoms. The number of nitrogens with one attached hydrogen (secondary N) is 2. The maximum atomic E-state index is 12.2. The summed E-state index contributed by atoms with van der Waals surface area (Å²) in [5.41, 5.74) is 0.230. The highest BCUT2D eigenvalue weighted by Gasteiger charge is 2.43. The zero-order valence-corrected chi connectivity index (χ0v) is 10.8. The number of carbonyl (C=O) groups is 1. The van der Waals surface area contributed by atoms with Crippen LogP contribution in [0.25, 0.3) is 0 Å². The average Bonchev–Trinajstić information content (AvgIpc) is 3.05. The molecule has 1 aromatic heterocycles. The Bertz CT molecular complexity index is 550. The Balaban J connectivity index is 1.71. The van der Waals surface area contributed by atoms with Crippen LogP contribution in [0, 0.1) is 18.8 Å². The summed E-state index contributed by atoms with van der Waals surface area (Å²) < 4.78 is 5.65. The van der Waals surface area contributed by atoms with Crippen LogP contribution in [-0.4, -0.2) is 28.6 Å². The van der Waals surface area contributed by atoms with E-state index in [0.29, 0.717) is 24.0 Å². The van der Waals surface area contributed by atoms with E-state index >= 15 is 0 Å². The van der Waals surface area contributed by atoms with Gasteiger partial charge in [0.2, 0.25) is 5.91 Å². The zero-order valence-electron chi connectivity index (χ0n) is 10.8. The number of carbonyl (C=O) groups excluding carboxylic acids is 1. The molecule has 6 nitrogen and oxygen atoms in total. The number of ether oxygens (including phenoxy) is 1. The zero-order chi connectivity index (χ0) is 13.4. The summed E-state index contributed by atoms with van der Waals surface area (Å²) in [6, 6.07) is 1.65. The van der Waals surface area contributed by atoms with Crippen molar-refractivity contribution in [2.75, 3.05) is 11.9 Å². The van der Waals surface area contributed by atoms with Gasteiger partial charge in [0.25, 0.3) is 0 Å². The number of hydrogen-bond donors (Lipinski definition) is 2. The fraction of sp³-hybridized carbons (Fsp3) is 0.615. The smallest absolute Gasteiger partial charge is 0.347 e. The third kappa shape index (κ3) is 2.68. The summed E-state index contributed by atoms with van der Waals surface area (Å²) in [7, 11) is 0. The maximum absolute atomic E-state index is 12.2. The number of nitrogens with zero attached hydrogens (tertiary/aromatic N) is 1. The van der Waals surface area contributed by atoms with Gasteiger partial charge in [-0.1, -0.05) is 0 Å². The third-order valence-corrected chi connectivity index (χ3v) is 3.69. The minimum atomic E-state index is -0.447.